The molecule has 2 aromatic rings. The molecule has 1 aliphatic carbocycles. The molecule has 3 rings (SSSR count). The first kappa shape index (κ1) is 11.7. The topological polar surface area (TPSA) is 42.7 Å². The highest BCUT2D eigenvalue weighted by atomic mass is 32.1. The summed E-state index contributed by atoms with van der Waals surface area (Å²) in [7, 11) is 0. The zero-order valence-corrected chi connectivity index (χ0v) is 11.2. The van der Waals surface area contributed by atoms with Crippen molar-refractivity contribution in [2.45, 2.75) is 44.7 Å². The van der Waals surface area contributed by atoms with E-state index in [-0.39, 0.29) is 0 Å². The van der Waals surface area contributed by atoms with Gasteiger partial charge in [0.2, 0.25) is 5.95 Å². The molecule has 5 heteroatoms. The molecule has 0 radical (unpaired) electrons. The van der Waals surface area contributed by atoms with Gasteiger partial charge in [-0.15, -0.1) is 11.3 Å². The van der Waals surface area contributed by atoms with Crippen molar-refractivity contribution in [3.05, 3.63) is 29.0 Å². The Hall–Kier alpha value is -1.36. The van der Waals surface area contributed by atoms with E-state index in [2.05, 4.69) is 31.4 Å². The second-order valence-electron chi connectivity index (χ2n) is 4.78. The second-order valence-corrected chi connectivity index (χ2v) is 5.50. The van der Waals surface area contributed by atoms with E-state index >= 15 is 0 Å². The van der Waals surface area contributed by atoms with Crippen LogP contribution in [-0.4, -0.2) is 14.5 Å². The van der Waals surface area contributed by atoms with Gasteiger partial charge in [-0.3, -0.25) is 0 Å². The van der Waals surface area contributed by atoms with Crippen molar-refractivity contribution in [2.75, 3.05) is 5.32 Å². The molecule has 2 aromatic heterocycles. The minimum absolute atomic E-state index is 0.624. The minimum Gasteiger partial charge on any atom is -0.350 e. The summed E-state index contributed by atoms with van der Waals surface area (Å²) in [5.74, 6) is 0.981. The first-order chi connectivity index (χ1) is 8.93. The summed E-state index contributed by atoms with van der Waals surface area (Å²) < 4.78 is 2.30. The highest BCUT2D eigenvalue weighted by molar-refractivity contribution is 7.07. The Morgan fingerprint density at radius 2 is 2.17 bits per heavy atom. The third kappa shape index (κ3) is 2.56. The molecule has 0 saturated heterocycles. The lowest BCUT2D eigenvalue weighted by Crippen LogP contribution is -2.15. The lowest BCUT2D eigenvalue weighted by molar-refractivity contribution is 0.356. The molecule has 0 bridgehead atoms. The quantitative estimate of drug-likeness (QED) is 0.917. The van der Waals surface area contributed by atoms with Crippen molar-refractivity contribution in [3.63, 3.8) is 0 Å². The van der Waals surface area contributed by atoms with E-state index in [9.17, 15) is 0 Å². The largest absolute Gasteiger partial charge is 0.350 e. The molecule has 0 amide bonds. The van der Waals surface area contributed by atoms with Gasteiger partial charge in [0.05, 0.1) is 17.7 Å². The number of thiazole rings is 1. The monoisotopic (exact) mass is 262 g/mol. The van der Waals surface area contributed by atoms with Crippen LogP contribution in [0.3, 0.4) is 0 Å². The van der Waals surface area contributed by atoms with Crippen LogP contribution in [0.4, 0.5) is 5.95 Å². The summed E-state index contributed by atoms with van der Waals surface area (Å²) in [4.78, 5) is 8.70. The smallest absolute Gasteiger partial charge is 0.203 e. The fraction of sp³-hybridized carbons (Fsp3) is 0.538. The van der Waals surface area contributed by atoms with Crippen LogP contribution < -0.4 is 5.32 Å². The first-order valence-electron chi connectivity index (χ1n) is 6.57. The summed E-state index contributed by atoms with van der Waals surface area (Å²) in [6, 6.07) is 0.624. The van der Waals surface area contributed by atoms with Crippen LogP contribution >= 0.6 is 11.3 Å². The summed E-state index contributed by atoms with van der Waals surface area (Å²) >= 11 is 1.63. The van der Waals surface area contributed by atoms with Gasteiger partial charge in [0.25, 0.3) is 0 Å². The molecule has 0 spiro atoms. The van der Waals surface area contributed by atoms with Gasteiger partial charge in [-0.05, 0) is 12.8 Å². The Balaban J connectivity index is 1.67. The van der Waals surface area contributed by atoms with E-state index in [1.807, 2.05) is 11.7 Å². The van der Waals surface area contributed by atoms with E-state index in [1.165, 1.54) is 32.1 Å². The Labute approximate surface area is 111 Å². The van der Waals surface area contributed by atoms with Crippen molar-refractivity contribution in [1.29, 1.82) is 0 Å². The third-order valence-electron chi connectivity index (χ3n) is 3.55. The average molecular weight is 262 g/mol. The van der Waals surface area contributed by atoms with Gasteiger partial charge in [0, 0.05) is 23.8 Å². The predicted molar refractivity (Wildman–Crippen MR) is 73.8 cm³/mol. The van der Waals surface area contributed by atoms with Gasteiger partial charge in [-0.25, -0.2) is 9.97 Å². The fourth-order valence-electron chi connectivity index (χ4n) is 2.60. The number of nitrogens with zero attached hydrogens (tertiary/aromatic N) is 3. The molecule has 18 heavy (non-hydrogen) atoms. The highest BCUT2D eigenvalue weighted by Gasteiger charge is 2.17. The number of imidazole rings is 1. The maximum Gasteiger partial charge on any atom is 0.203 e. The van der Waals surface area contributed by atoms with Gasteiger partial charge in [-0.2, -0.15) is 0 Å². The molecule has 1 fully saturated rings. The van der Waals surface area contributed by atoms with Crippen molar-refractivity contribution < 1.29 is 0 Å². The molecule has 0 aromatic carbocycles. The molecule has 4 nitrogen and oxygen atoms in total. The van der Waals surface area contributed by atoms with Crippen LogP contribution in [0, 0.1) is 0 Å². The Kier molecular flexibility index (Phi) is 3.59. The first-order valence-corrected chi connectivity index (χ1v) is 7.51. The van der Waals surface area contributed by atoms with Gasteiger partial charge in [0.1, 0.15) is 0 Å². The van der Waals surface area contributed by atoms with Crippen LogP contribution in [0.1, 0.15) is 43.8 Å². The summed E-state index contributed by atoms with van der Waals surface area (Å²) in [5.41, 5.74) is 2.95. The molecule has 1 saturated carbocycles. The average Bonchev–Trinajstić information content (AvgIpc) is 3.09. The van der Waals surface area contributed by atoms with Crippen LogP contribution in [0.25, 0.3) is 0 Å². The zero-order valence-electron chi connectivity index (χ0n) is 10.4. The Morgan fingerprint density at radius 1 is 1.28 bits per heavy atom. The van der Waals surface area contributed by atoms with Crippen LogP contribution in [0.2, 0.25) is 0 Å². The summed E-state index contributed by atoms with van der Waals surface area (Å²) in [5, 5.41) is 5.46. The maximum atomic E-state index is 4.42. The molecule has 1 N–H and O–H groups in total. The van der Waals surface area contributed by atoms with Gasteiger partial charge >= 0.3 is 0 Å². The number of aromatic nitrogens is 3. The zero-order chi connectivity index (χ0) is 12.2. The standard InChI is InChI=1S/C13H18N4S/c1-2-4-12(5-3-1)17-7-6-14-13(17)15-8-11-9-18-10-16-11/h6-7,9-10,12H,1-5,8H2,(H,14,15). The Bertz CT molecular complexity index is 471. The fourth-order valence-corrected chi connectivity index (χ4v) is 3.16. The van der Waals surface area contributed by atoms with Crippen molar-refractivity contribution >= 4 is 17.3 Å². The van der Waals surface area contributed by atoms with Gasteiger partial charge in [-0.1, -0.05) is 19.3 Å². The number of anilines is 1. The van der Waals surface area contributed by atoms with Crippen LogP contribution in [0.15, 0.2) is 23.3 Å². The number of rotatable bonds is 4. The number of nitrogens with one attached hydrogen (secondary N) is 1. The van der Waals surface area contributed by atoms with Crippen LogP contribution in [0.5, 0.6) is 0 Å². The molecule has 0 aliphatic heterocycles. The molecular formula is C13H18N4S. The van der Waals surface area contributed by atoms with Crippen LogP contribution in [-0.2, 0) is 6.54 Å². The minimum atomic E-state index is 0.624. The van der Waals surface area contributed by atoms with Crippen molar-refractivity contribution in [2.24, 2.45) is 0 Å². The molecule has 2 heterocycles. The van der Waals surface area contributed by atoms with Crippen molar-refractivity contribution in [3.8, 4) is 0 Å². The van der Waals surface area contributed by atoms with E-state index in [0.717, 1.165) is 18.2 Å². The maximum absolute atomic E-state index is 4.42. The summed E-state index contributed by atoms with van der Waals surface area (Å²) in [6.07, 6.45) is 10.6. The second kappa shape index (κ2) is 5.52. The van der Waals surface area contributed by atoms with E-state index in [0.29, 0.717) is 6.04 Å². The molecule has 1 aliphatic rings. The highest BCUT2D eigenvalue weighted by Crippen LogP contribution is 2.30. The lowest BCUT2D eigenvalue weighted by Gasteiger charge is -2.24. The van der Waals surface area contributed by atoms with Gasteiger partial charge in [0.15, 0.2) is 0 Å². The molecule has 0 unspecified atom stereocenters. The third-order valence-corrected chi connectivity index (χ3v) is 4.18. The Morgan fingerprint density at radius 3 is 2.94 bits per heavy atom. The van der Waals surface area contributed by atoms with Gasteiger partial charge < -0.3 is 9.88 Å². The molecule has 0 atom stereocenters. The van der Waals surface area contributed by atoms with E-state index in [1.54, 1.807) is 11.3 Å². The SMILES string of the molecule is c1cn(C2CCCCC2)c(NCc2cscn2)n1. The number of hydrogen-bond donors (Lipinski definition) is 1. The predicted octanol–water partition coefficient (Wildman–Crippen LogP) is 3.46. The van der Waals surface area contributed by atoms with Crippen molar-refractivity contribution in [1.82, 2.24) is 14.5 Å². The normalized spacial score (nSPS) is 16.9. The number of hydrogen-bond acceptors (Lipinski definition) is 4. The lowest BCUT2D eigenvalue weighted by atomic mass is 9.95. The van der Waals surface area contributed by atoms with E-state index in [4.69, 9.17) is 0 Å². The summed E-state index contributed by atoms with van der Waals surface area (Å²) in [6.45, 7) is 0.757. The molecule has 96 valence electrons. The van der Waals surface area contributed by atoms with E-state index < -0.39 is 0 Å². The molecular weight excluding hydrogens is 244 g/mol.